The fourth-order valence-electron chi connectivity index (χ4n) is 9.97. The predicted octanol–water partition coefficient (Wildman–Crippen LogP) is 4.42. The molecule has 3 saturated carbocycles. The zero-order valence-electron chi connectivity index (χ0n) is 21.0. The minimum absolute atomic E-state index is 0.0134. The van der Waals surface area contributed by atoms with E-state index in [1.165, 1.54) is 12.5 Å². The zero-order valence-corrected chi connectivity index (χ0v) is 21.0. The van der Waals surface area contributed by atoms with Crippen molar-refractivity contribution >= 4 is 11.8 Å². The first-order chi connectivity index (χ1) is 15.9. The summed E-state index contributed by atoms with van der Waals surface area (Å²) in [6.45, 7) is 11.9. The van der Waals surface area contributed by atoms with Gasteiger partial charge in [0.05, 0.1) is 24.7 Å². The van der Waals surface area contributed by atoms with Crippen LogP contribution < -0.4 is 0 Å². The number of esters is 1. The van der Waals surface area contributed by atoms with Crippen LogP contribution in [0.4, 0.5) is 0 Å². The van der Waals surface area contributed by atoms with Crippen molar-refractivity contribution in [1.82, 2.24) is 0 Å². The number of carbonyl (C=O) groups is 2. The SMILES string of the molecule is CC(=O)OC1C(O)C2C(C)(C)C(=O)C=CC2(C)C2CCC3(C)C(c4ccoc4)CC4OC43C12C. The highest BCUT2D eigenvalue weighted by atomic mass is 16.6. The maximum Gasteiger partial charge on any atom is 0.303 e. The molecule has 1 aliphatic heterocycles. The third-order valence-electron chi connectivity index (χ3n) is 11.2. The molecule has 2 heterocycles. The number of hydrogen-bond donors (Lipinski definition) is 1. The molecule has 1 saturated heterocycles. The maximum absolute atomic E-state index is 13.0. The quantitative estimate of drug-likeness (QED) is 0.511. The van der Waals surface area contributed by atoms with E-state index in [-0.39, 0.29) is 35.1 Å². The Morgan fingerprint density at radius 3 is 2.59 bits per heavy atom. The molecular weight excluding hydrogens is 432 g/mol. The lowest BCUT2D eigenvalue weighted by molar-refractivity contribution is -0.269. The number of ether oxygens (including phenoxy) is 2. The van der Waals surface area contributed by atoms with Crippen LogP contribution in [0.25, 0.3) is 0 Å². The topological polar surface area (TPSA) is 89.3 Å². The van der Waals surface area contributed by atoms with Gasteiger partial charge >= 0.3 is 5.97 Å². The normalized spacial score (nSPS) is 52.3. The summed E-state index contributed by atoms with van der Waals surface area (Å²) < 4.78 is 18.2. The minimum Gasteiger partial charge on any atom is -0.472 e. The van der Waals surface area contributed by atoms with Gasteiger partial charge in [-0.3, -0.25) is 9.59 Å². The van der Waals surface area contributed by atoms with Gasteiger partial charge < -0.3 is 19.0 Å². The summed E-state index contributed by atoms with van der Waals surface area (Å²) in [4.78, 5) is 25.4. The molecular formula is C28H36O6. The van der Waals surface area contributed by atoms with E-state index in [1.807, 2.05) is 26.2 Å². The van der Waals surface area contributed by atoms with E-state index in [0.717, 1.165) is 19.3 Å². The van der Waals surface area contributed by atoms with E-state index in [9.17, 15) is 14.7 Å². The lowest BCUT2D eigenvalue weighted by atomic mass is 9.36. The van der Waals surface area contributed by atoms with E-state index < -0.39 is 40.0 Å². The van der Waals surface area contributed by atoms with Gasteiger partial charge in [-0.25, -0.2) is 0 Å². The molecule has 1 aromatic heterocycles. The van der Waals surface area contributed by atoms with Crippen LogP contribution in [0.2, 0.25) is 0 Å². The largest absolute Gasteiger partial charge is 0.472 e. The number of furan rings is 1. The second-order valence-electron chi connectivity index (χ2n) is 12.8. The lowest BCUT2D eigenvalue weighted by Gasteiger charge is -2.68. The molecule has 10 unspecified atom stereocenters. The molecule has 4 aliphatic carbocycles. The number of aliphatic hydroxyl groups excluding tert-OH is 1. The van der Waals surface area contributed by atoms with Crippen LogP contribution in [0.1, 0.15) is 72.3 Å². The predicted molar refractivity (Wildman–Crippen MR) is 124 cm³/mol. The number of epoxide rings is 1. The molecule has 5 aliphatic rings. The third-order valence-corrected chi connectivity index (χ3v) is 11.2. The van der Waals surface area contributed by atoms with E-state index in [0.29, 0.717) is 0 Å². The van der Waals surface area contributed by atoms with Gasteiger partial charge in [-0.1, -0.05) is 40.7 Å². The Labute approximate surface area is 201 Å². The van der Waals surface area contributed by atoms with Gasteiger partial charge in [0.2, 0.25) is 0 Å². The van der Waals surface area contributed by atoms with Crippen LogP contribution >= 0.6 is 0 Å². The molecule has 34 heavy (non-hydrogen) atoms. The van der Waals surface area contributed by atoms with Crippen LogP contribution in [0, 0.1) is 33.5 Å². The Kier molecular flexibility index (Phi) is 4.27. The van der Waals surface area contributed by atoms with Crippen molar-refractivity contribution in [2.24, 2.45) is 33.5 Å². The summed E-state index contributed by atoms with van der Waals surface area (Å²) in [5.41, 5.74) is -1.31. The Balaban J connectivity index is 1.55. The highest BCUT2D eigenvalue weighted by molar-refractivity contribution is 5.96. The summed E-state index contributed by atoms with van der Waals surface area (Å²) in [6.07, 6.45) is 8.41. The van der Waals surface area contributed by atoms with Crippen molar-refractivity contribution in [3.63, 3.8) is 0 Å². The zero-order chi connectivity index (χ0) is 24.5. The molecule has 184 valence electrons. The molecule has 0 bridgehead atoms. The maximum atomic E-state index is 13.0. The summed E-state index contributed by atoms with van der Waals surface area (Å²) in [6, 6.07) is 2.05. The highest BCUT2D eigenvalue weighted by Crippen LogP contribution is 2.82. The van der Waals surface area contributed by atoms with Gasteiger partial charge in [0.1, 0.15) is 11.7 Å². The summed E-state index contributed by atoms with van der Waals surface area (Å²) >= 11 is 0. The van der Waals surface area contributed by atoms with Crippen molar-refractivity contribution < 1.29 is 28.6 Å². The van der Waals surface area contributed by atoms with Crippen LogP contribution in [0.5, 0.6) is 0 Å². The van der Waals surface area contributed by atoms with Crippen LogP contribution in [-0.4, -0.2) is 40.8 Å². The second-order valence-corrected chi connectivity index (χ2v) is 12.8. The molecule has 0 amide bonds. The average molecular weight is 469 g/mol. The standard InChI is InChI=1S/C28H36O6/c1-15(29)33-23-21(31)22-24(2,3)19(30)8-10-25(22,4)18-7-11-26(5)17(16-9-12-32-14-16)13-20-28(26,34-20)27(18,23)6/h8-10,12,14,17-18,20-23,31H,7,11,13H2,1-6H3. The van der Waals surface area contributed by atoms with Gasteiger partial charge in [-0.15, -0.1) is 0 Å². The summed E-state index contributed by atoms with van der Waals surface area (Å²) in [7, 11) is 0. The molecule has 6 nitrogen and oxygen atoms in total. The first kappa shape index (κ1) is 22.5. The van der Waals surface area contributed by atoms with Crippen LogP contribution in [0.15, 0.2) is 35.2 Å². The van der Waals surface area contributed by atoms with Crippen LogP contribution in [-0.2, 0) is 19.1 Å². The van der Waals surface area contributed by atoms with Crippen LogP contribution in [0.3, 0.4) is 0 Å². The Morgan fingerprint density at radius 1 is 1.21 bits per heavy atom. The molecule has 1 N–H and O–H groups in total. The van der Waals surface area contributed by atoms with E-state index in [2.05, 4.69) is 26.8 Å². The fraction of sp³-hybridized carbons (Fsp3) is 0.714. The summed E-state index contributed by atoms with van der Waals surface area (Å²) in [5.74, 6) is -0.386. The third kappa shape index (κ3) is 2.26. The first-order valence-electron chi connectivity index (χ1n) is 12.6. The highest BCUT2D eigenvalue weighted by Gasteiger charge is 2.88. The molecule has 0 aromatic carbocycles. The van der Waals surface area contributed by atoms with Crippen molar-refractivity contribution in [3.05, 3.63) is 36.3 Å². The second kappa shape index (κ2) is 6.44. The number of rotatable bonds is 2. The molecule has 0 radical (unpaired) electrons. The number of fused-ring (bicyclic) bond motifs is 3. The molecule has 4 fully saturated rings. The van der Waals surface area contributed by atoms with Gasteiger partial charge in [0.25, 0.3) is 0 Å². The number of aliphatic hydroxyl groups is 1. The number of ketones is 1. The van der Waals surface area contributed by atoms with Gasteiger partial charge in [-0.2, -0.15) is 0 Å². The summed E-state index contributed by atoms with van der Waals surface area (Å²) in [5, 5.41) is 12.0. The number of hydrogen-bond acceptors (Lipinski definition) is 6. The van der Waals surface area contributed by atoms with Gasteiger partial charge in [-0.05, 0) is 54.2 Å². The molecule has 1 spiro atoms. The van der Waals surface area contributed by atoms with E-state index in [4.69, 9.17) is 13.9 Å². The number of allylic oxidation sites excluding steroid dienone is 2. The van der Waals surface area contributed by atoms with E-state index in [1.54, 1.807) is 12.3 Å². The minimum atomic E-state index is -0.978. The molecule has 10 atom stereocenters. The van der Waals surface area contributed by atoms with Crippen molar-refractivity contribution in [2.45, 2.75) is 90.6 Å². The molecule has 1 aromatic rings. The smallest absolute Gasteiger partial charge is 0.303 e. The van der Waals surface area contributed by atoms with E-state index >= 15 is 0 Å². The first-order valence-corrected chi connectivity index (χ1v) is 12.6. The Bertz CT molecular complexity index is 1090. The van der Waals surface area contributed by atoms with Crippen molar-refractivity contribution in [3.8, 4) is 0 Å². The fourth-order valence-corrected chi connectivity index (χ4v) is 9.97. The average Bonchev–Trinajstić information content (AvgIpc) is 3.11. The number of carbonyl (C=O) groups excluding carboxylic acids is 2. The molecule has 6 heteroatoms. The Hall–Kier alpha value is -1.92. The monoisotopic (exact) mass is 468 g/mol. The van der Waals surface area contributed by atoms with Gasteiger partial charge in [0.15, 0.2) is 5.78 Å². The van der Waals surface area contributed by atoms with Crippen molar-refractivity contribution in [2.75, 3.05) is 0 Å². The van der Waals surface area contributed by atoms with Crippen molar-refractivity contribution in [1.29, 1.82) is 0 Å². The lowest BCUT2D eigenvalue weighted by Crippen LogP contribution is -2.74. The molecule has 6 rings (SSSR count). The van der Waals surface area contributed by atoms with Gasteiger partial charge in [0, 0.05) is 29.1 Å². The Morgan fingerprint density at radius 2 is 1.94 bits per heavy atom.